The van der Waals surface area contributed by atoms with Gasteiger partial charge in [-0.15, -0.1) is 12.4 Å². The van der Waals surface area contributed by atoms with Gasteiger partial charge in [-0.25, -0.2) is 0 Å². The van der Waals surface area contributed by atoms with Crippen LogP contribution in [0.1, 0.15) is 47.3 Å². The molecule has 202 valence electrons. The second-order valence-corrected chi connectivity index (χ2v) is 9.76. The van der Waals surface area contributed by atoms with Gasteiger partial charge in [-0.05, 0) is 54.8 Å². The summed E-state index contributed by atoms with van der Waals surface area (Å²) >= 11 is 0. The van der Waals surface area contributed by atoms with Crippen LogP contribution in [-0.2, 0) is 20.9 Å². The first kappa shape index (κ1) is 27.4. The molecule has 3 aliphatic heterocycles. The Hall–Kier alpha value is -3.63. The lowest BCUT2D eigenvalue weighted by Gasteiger charge is -2.36. The van der Waals surface area contributed by atoms with Gasteiger partial charge in [0.1, 0.15) is 11.8 Å². The molecule has 0 spiro atoms. The minimum Gasteiger partial charge on any atom is -0.484 e. The number of ether oxygens (including phenoxy) is 1. The zero-order valence-electron chi connectivity index (χ0n) is 21.2. The molecule has 2 fully saturated rings. The van der Waals surface area contributed by atoms with Gasteiger partial charge in [-0.3, -0.25) is 24.5 Å². The molecule has 0 bridgehead atoms. The fourth-order valence-electron chi connectivity index (χ4n) is 5.10. The first-order chi connectivity index (χ1) is 17.8. The second kappa shape index (κ2) is 11.4. The minimum atomic E-state index is -0.626. The van der Waals surface area contributed by atoms with Crippen molar-refractivity contribution in [2.24, 2.45) is 5.73 Å². The molecular formula is C27H32ClN5O5. The van der Waals surface area contributed by atoms with E-state index in [-0.39, 0.29) is 49.2 Å². The molecule has 0 saturated carbocycles. The summed E-state index contributed by atoms with van der Waals surface area (Å²) in [5.74, 6) is -0.333. The van der Waals surface area contributed by atoms with Crippen molar-refractivity contribution in [2.45, 2.75) is 38.4 Å². The van der Waals surface area contributed by atoms with E-state index in [1.54, 1.807) is 15.9 Å². The number of amides is 4. The quantitative estimate of drug-likeness (QED) is 0.532. The second-order valence-electron chi connectivity index (χ2n) is 9.76. The first-order valence-electron chi connectivity index (χ1n) is 12.6. The number of hydrogen-bond donors (Lipinski definition) is 2. The monoisotopic (exact) mass is 541 g/mol. The lowest BCUT2D eigenvalue weighted by molar-refractivity contribution is -0.137. The molecule has 0 aliphatic carbocycles. The molecule has 0 aromatic heterocycles. The van der Waals surface area contributed by atoms with Crippen LogP contribution < -0.4 is 20.7 Å². The van der Waals surface area contributed by atoms with E-state index in [9.17, 15) is 19.2 Å². The van der Waals surface area contributed by atoms with Crippen LogP contribution in [0.5, 0.6) is 5.75 Å². The number of anilines is 1. The number of carbonyl (C=O) groups excluding carboxylic acids is 4. The van der Waals surface area contributed by atoms with Crippen LogP contribution in [0.3, 0.4) is 0 Å². The van der Waals surface area contributed by atoms with Gasteiger partial charge in [-0.1, -0.05) is 12.1 Å². The summed E-state index contributed by atoms with van der Waals surface area (Å²) in [6.07, 6.45) is 0.573. The van der Waals surface area contributed by atoms with Crippen LogP contribution in [0.25, 0.3) is 0 Å². The van der Waals surface area contributed by atoms with Gasteiger partial charge in [0.05, 0.1) is 0 Å². The van der Waals surface area contributed by atoms with Crippen molar-refractivity contribution in [3.05, 3.63) is 59.2 Å². The molecule has 2 aromatic carbocycles. The fourth-order valence-corrected chi connectivity index (χ4v) is 5.10. The number of fused-ring (bicyclic) bond motifs is 1. The normalized spacial score (nSPS) is 20.0. The van der Waals surface area contributed by atoms with Crippen LogP contribution >= 0.6 is 12.4 Å². The van der Waals surface area contributed by atoms with Crippen molar-refractivity contribution in [2.75, 3.05) is 37.7 Å². The topological polar surface area (TPSA) is 125 Å². The van der Waals surface area contributed by atoms with E-state index in [1.807, 2.05) is 43.3 Å². The largest absolute Gasteiger partial charge is 0.484 e. The highest BCUT2D eigenvalue weighted by molar-refractivity contribution is 6.05. The number of halogens is 1. The van der Waals surface area contributed by atoms with E-state index in [4.69, 9.17) is 10.5 Å². The number of nitrogens with two attached hydrogens (primary N) is 1. The maximum atomic E-state index is 12.9. The van der Waals surface area contributed by atoms with Crippen molar-refractivity contribution < 1.29 is 23.9 Å². The van der Waals surface area contributed by atoms with Gasteiger partial charge in [0.2, 0.25) is 11.8 Å². The smallest absolute Gasteiger partial charge is 0.260 e. The zero-order valence-corrected chi connectivity index (χ0v) is 22.0. The Morgan fingerprint density at radius 2 is 1.87 bits per heavy atom. The lowest BCUT2D eigenvalue weighted by atomic mass is 10.0. The fraction of sp³-hybridized carbons (Fsp3) is 0.407. The Balaban J connectivity index is 0.00000336. The number of rotatable bonds is 6. The third-order valence-electron chi connectivity index (χ3n) is 7.25. The van der Waals surface area contributed by atoms with Gasteiger partial charge >= 0.3 is 0 Å². The summed E-state index contributed by atoms with van der Waals surface area (Å²) in [7, 11) is 0. The highest BCUT2D eigenvalue weighted by Crippen LogP contribution is 2.31. The predicted molar refractivity (Wildman–Crippen MR) is 143 cm³/mol. The van der Waals surface area contributed by atoms with Crippen LogP contribution in [0.15, 0.2) is 42.5 Å². The third kappa shape index (κ3) is 5.61. The van der Waals surface area contributed by atoms with E-state index >= 15 is 0 Å². The zero-order chi connectivity index (χ0) is 26.1. The average molecular weight is 542 g/mol. The van der Waals surface area contributed by atoms with E-state index in [0.717, 1.165) is 16.8 Å². The summed E-state index contributed by atoms with van der Waals surface area (Å²) in [5.41, 5.74) is 9.31. The maximum absolute atomic E-state index is 12.9. The summed E-state index contributed by atoms with van der Waals surface area (Å²) in [6, 6.07) is 12.4. The summed E-state index contributed by atoms with van der Waals surface area (Å²) in [4.78, 5) is 54.9. The minimum absolute atomic E-state index is 0. The maximum Gasteiger partial charge on any atom is 0.260 e. The number of nitrogens with one attached hydrogen (secondary N) is 1. The summed E-state index contributed by atoms with van der Waals surface area (Å²) in [5, 5.41) is 2.33. The number of carbonyl (C=O) groups is 4. The van der Waals surface area contributed by atoms with Gasteiger partial charge in [0, 0.05) is 56.4 Å². The molecule has 10 nitrogen and oxygen atoms in total. The summed E-state index contributed by atoms with van der Waals surface area (Å²) in [6.45, 7) is 4.68. The van der Waals surface area contributed by atoms with Crippen LogP contribution in [0.4, 0.5) is 5.69 Å². The van der Waals surface area contributed by atoms with Crippen LogP contribution in [0, 0.1) is 0 Å². The average Bonchev–Trinajstić information content (AvgIpc) is 3.22. The number of piperidine rings is 1. The van der Waals surface area contributed by atoms with Crippen molar-refractivity contribution in [1.82, 2.24) is 15.1 Å². The Bertz CT molecular complexity index is 1240. The van der Waals surface area contributed by atoms with E-state index in [2.05, 4.69) is 10.2 Å². The molecule has 2 aromatic rings. The number of piperazine rings is 1. The van der Waals surface area contributed by atoms with Crippen LogP contribution in [-0.4, -0.2) is 72.3 Å². The highest BCUT2D eigenvalue weighted by atomic mass is 35.5. The van der Waals surface area contributed by atoms with Gasteiger partial charge in [0.25, 0.3) is 11.8 Å². The van der Waals surface area contributed by atoms with Crippen molar-refractivity contribution in [1.29, 1.82) is 0 Å². The van der Waals surface area contributed by atoms with Crippen molar-refractivity contribution in [3.8, 4) is 5.75 Å². The Morgan fingerprint density at radius 1 is 1.11 bits per heavy atom. The molecule has 3 aliphatic rings. The number of hydrogen-bond acceptors (Lipinski definition) is 7. The Morgan fingerprint density at radius 3 is 2.58 bits per heavy atom. The molecule has 2 atom stereocenters. The SMILES string of the molecule is CC(N)c1cccc(OCC(=O)N2CCN(c3ccc4c(c3)CN(C3CCC(=O)NC3=O)C4=O)CC2)c1.Cl. The molecule has 3 heterocycles. The number of benzene rings is 2. The first-order valence-corrected chi connectivity index (χ1v) is 12.6. The number of nitrogens with zero attached hydrogens (tertiary/aromatic N) is 3. The molecule has 2 saturated heterocycles. The van der Waals surface area contributed by atoms with Gasteiger partial charge < -0.3 is 25.2 Å². The highest BCUT2D eigenvalue weighted by Gasteiger charge is 2.39. The molecule has 11 heteroatoms. The molecular weight excluding hydrogens is 510 g/mol. The van der Waals surface area contributed by atoms with Crippen molar-refractivity contribution >= 4 is 41.7 Å². The Kier molecular flexibility index (Phi) is 8.23. The van der Waals surface area contributed by atoms with E-state index in [1.165, 1.54) is 0 Å². The van der Waals surface area contributed by atoms with E-state index in [0.29, 0.717) is 50.5 Å². The molecule has 0 radical (unpaired) electrons. The molecule has 2 unspecified atom stereocenters. The molecule has 5 rings (SSSR count). The molecule has 4 amide bonds. The molecule has 3 N–H and O–H groups in total. The van der Waals surface area contributed by atoms with Gasteiger partial charge in [-0.2, -0.15) is 0 Å². The summed E-state index contributed by atoms with van der Waals surface area (Å²) < 4.78 is 5.71. The van der Waals surface area contributed by atoms with Crippen LogP contribution in [0.2, 0.25) is 0 Å². The standard InChI is InChI=1S/C27H31N5O5.ClH/c1-17(28)18-3-2-4-21(14-18)37-16-25(34)31-11-9-30(10-12-31)20-5-6-22-19(13-20)15-32(27(22)36)23-7-8-24(33)29-26(23)35;/h2-6,13-14,17,23H,7-12,15-16,28H2,1H3,(H,29,33,35);1H. The van der Waals surface area contributed by atoms with E-state index < -0.39 is 11.9 Å². The van der Waals surface area contributed by atoms with Crippen molar-refractivity contribution in [3.63, 3.8) is 0 Å². The predicted octanol–water partition coefficient (Wildman–Crippen LogP) is 1.62. The van der Waals surface area contributed by atoms with Gasteiger partial charge in [0.15, 0.2) is 6.61 Å². The third-order valence-corrected chi connectivity index (χ3v) is 7.25. The molecule has 38 heavy (non-hydrogen) atoms. The lowest BCUT2D eigenvalue weighted by Crippen LogP contribution is -2.52. The Labute approximate surface area is 227 Å². The number of imide groups is 1.